The third-order valence-corrected chi connectivity index (χ3v) is 3.04. The number of rotatable bonds is 4. The fourth-order valence-corrected chi connectivity index (χ4v) is 1.90. The predicted molar refractivity (Wildman–Crippen MR) is 74.2 cm³/mol. The third kappa shape index (κ3) is 3.44. The molecule has 0 unspecified atom stereocenters. The Balaban J connectivity index is 2.02. The number of benzene rings is 2. The van der Waals surface area contributed by atoms with Crippen LogP contribution in [0, 0.1) is 11.6 Å². The van der Waals surface area contributed by atoms with E-state index in [0.717, 1.165) is 11.8 Å². The van der Waals surface area contributed by atoms with Gasteiger partial charge in [0, 0.05) is 31.0 Å². The molecule has 0 heterocycles. The summed E-state index contributed by atoms with van der Waals surface area (Å²) in [6, 6.07) is 11.2. The number of likely N-dealkylation sites (N-methyl/N-ethyl adjacent to an activating group) is 1. The number of nitrogens with two attached hydrogens (primary N) is 1. The van der Waals surface area contributed by atoms with Gasteiger partial charge in [0.15, 0.2) is 0 Å². The smallest absolute Gasteiger partial charge is 0.129 e. The van der Waals surface area contributed by atoms with Crippen LogP contribution < -0.4 is 10.6 Å². The summed E-state index contributed by atoms with van der Waals surface area (Å²) in [5, 5.41) is 0. The van der Waals surface area contributed by atoms with Gasteiger partial charge >= 0.3 is 0 Å². The van der Waals surface area contributed by atoms with Crippen molar-refractivity contribution >= 4 is 11.4 Å². The van der Waals surface area contributed by atoms with E-state index in [2.05, 4.69) is 0 Å². The fourth-order valence-electron chi connectivity index (χ4n) is 1.90. The van der Waals surface area contributed by atoms with Crippen molar-refractivity contribution in [1.82, 2.24) is 0 Å². The minimum atomic E-state index is -0.551. The maximum absolute atomic E-state index is 13.5. The second-order valence-corrected chi connectivity index (χ2v) is 4.50. The van der Waals surface area contributed by atoms with E-state index >= 15 is 0 Å². The lowest BCUT2D eigenvalue weighted by atomic mass is 10.1. The summed E-state index contributed by atoms with van der Waals surface area (Å²) >= 11 is 0. The van der Waals surface area contributed by atoms with Crippen molar-refractivity contribution in [1.29, 1.82) is 0 Å². The van der Waals surface area contributed by atoms with Gasteiger partial charge in [0.1, 0.15) is 11.6 Å². The van der Waals surface area contributed by atoms with E-state index in [1.54, 1.807) is 0 Å². The quantitative estimate of drug-likeness (QED) is 0.857. The van der Waals surface area contributed by atoms with Crippen molar-refractivity contribution in [3.8, 4) is 0 Å². The molecular weight excluding hydrogens is 246 g/mol. The number of hydrogen-bond donors (Lipinski definition) is 1. The molecule has 0 saturated heterocycles. The summed E-state index contributed by atoms with van der Waals surface area (Å²) in [5.74, 6) is -1.05. The van der Waals surface area contributed by atoms with Gasteiger partial charge in [-0.25, -0.2) is 8.78 Å². The van der Waals surface area contributed by atoms with Crippen LogP contribution in [0.5, 0.6) is 0 Å². The maximum atomic E-state index is 13.5. The molecular formula is C15H16F2N2. The zero-order valence-electron chi connectivity index (χ0n) is 10.7. The number of hydrogen-bond acceptors (Lipinski definition) is 2. The molecule has 0 spiro atoms. The zero-order chi connectivity index (χ0) is 13.8. The van der Waals surface area contributed by atoms with Crippen LogP contribution in [0.2, 0.25) is 0 Å². The molecule has 0 amide bonds. The van der Waals surface area contributed by atoms with Gasteiger partial charge in [-0.1, -0.05) is 12.1 Å². The molecule has 100 valence electrons. The standard InChI is InChI=1S/C15H16F2N2/c1-19(14-4-2-3-13(18)10-14)8-7-11-5-6-12(16)9-15(11)17/h2-6,9-10H,7-8,18H2,1H3. The van der Waals surface area contributed by atoms with Gasteiger partial charge in [-0.2, -0.15) is 0 Å². The second-order valence-electron chi connectivity index (χ2n) is 4.50. The molecule has 0 aliphatic heterocycles. The largest absolute Gasteiger partial charge is 0.399 e. The molecule has 0 atom stereocenters. The van der Waals surface area contributed by atoms with Crippen LogP contribution >= 0.6 is 0 Å². The Hall–Kier alpha value is -2.10. The molecule has 0 fully saturated rings. The fraction of sp³-hybridized carbons (Fsp3) is 0.200. The van der Waals surface area contributed by atoms with Crippen LogP contribution in [0.15, 0.2) is 42.5 Å². The number of halogens is 2. The monoisotopic (exact) mass is 262 g/mol. The SMILES string of the molecule is CN(CCc1ccc(F)cc1F)c1cccc(N)c1. The Bertz CT molecular complexity index is 570. The topological polar surface area (TPSA) is 29.3 Å². The first-order valence-electron chi connectivity index (χ1n) is 6.07. The summed E-state index contributed by atoms with van der Waals surface area (Å²) < 4.78 is 26.3. The van der Waals surface area contributed by atoms with Crippen molar-refractivity contribution in [3.63, 3.8) is 0 Å². The summed E-state index contributed by atoms with van der Waals surface area (Å²) in [7, 11) is 1.91. The molecule has 19 heavy (non-hydrogen) atoms. The van der Waals surface area contributed by atoms with Gasteiger partial charge in [-0.3, -0.25) is 0 Å². The lowest BCUT2D eigenvalue weighted by Gasteiger charge is -2.19. The molecule has 2 rings (SSSR count). The van der Waals surface area contributed by atoms with Gasteiger partial charge in [0.05, 0.1) is 0 Å². The van der Waals surface area contributed by atoms with E-state index in [1.165, 1.54) is 12.1 Å². The molecule has 0 aliphatic carbocycles. The van der Waals surface area contributed by atoms with Gasteiger partial charge < -0.3 is 10.6 Å². The Morgan fingerprint density at radius 1 is 1.11 bits per heavy atom. The van der Waals surface area contributed by atoms with Crippen molar-refractivity contribution in [2.75, 3.05) is 24.2 Å². The van der Waals surface area contributed by atoms with E-state index in [9.17, 15) is 8.78 Å². The number of anilines is 2. The summed E-state index contributed by atoms with van der Waals surface area (Å²) in [6.07, 6.45) is 0.511. The van der Waals surface area contributed by atoms with Crippen LogP contribution in [0.4, 0.5) is 20.2 Å². The summed E-state index contributed by atoms with van der Waals surface area (Å²) in [5.41, 5.74) is 7.89. The lowest BCUT2D eigenvalue weighted by Crippen LogP contribution is -2.20. The van der Waals surface area contributed by atoms with E-state index in [4.69, 9.17) is 5.73 Å². The minimum absolute atomic E-state index is 0.499. The highest BCUT2D eigenvalue weighted by atomic mass is 19.1. The molecule has 0 aromatic heterocycles. The Kier molecular flexibility index (Phi) is 4.00. The average molecular weight is 262 g/mol. The van der Waals surface area contributed by atoms with Crippen molar-refractivity contribution in [2.24, 2.45) is 0 Å². The van der Waals surface area contributed by atoms with E-state index < -0.39 is 11.6 Å². The van der Waals surface area contributed by atoms with E-state index in [0.29, 0.717) is 24.2 Å². The van der Waals surface area contributed by atoms with Crippen molar-refractivity contribution < 1.29 is 8.78 Å². The third-order valence-electron chi connectivity index (χ3n) is 3.04. The lowest BCUT2D eigenvalue weighted by molar-refractivity contribution is 0.571. The molecule has 2 aromatic carbocycles. The van der Waals surface area contributed by atoms with Gasteiger partial charge in [0.2, 0.25) is 0 Å². The van der Waals surface area contributed by atoms with E-state index in [-0.39, 0.29) is 0 Å². The highest BCUT2D eigenvalue weighted by Crippen LogP contribution is 2.17. The Morgan fingerprint density at radius 2 is 1.89 bits per heavy atom. The zero-order valence-corrected chi connectivity index (χ0v) is 10.7. The van der Waals surface area contributed by atoms with Crippen LogP contribution in [-0.4, -0.2) is 13.6 Å². The van der Waals surface area contributed by atoms with Crippen molar-refractivity contribution in [2.45, 2.75) is 6.42 Å². The highest BCUT2D eigenvalue weighted by Gasteiger charge is 2.06. The minimum Gasteiger partial charge on any atom is -0.399 e. The predicted octanol–water partition coefficient (Wildman–Crippen LogP) is 3.23. The normalized spacial score (nSPS) is 10.5. The van der Waals surface area contributed by atoms with Crippen LogP contribution in [-0.2, 0) is 6.42 Å². The molecule has 2 N–H and O–H groups in total. The van der Waals surface area contributed by atoms with E-state index in [1.807, 2.05) is 36.2 Å². The Labute approximate surface area is 111 Å². The molecule has 0 aliphatic rings. The molecule has 2 aromatic rings. The first kappa shape index (κ1) is 13.3. The molecule has 2 nitrogen and oxygen atoms in total. The Morgan fingerprint density at radius 3 is 2.58 bits per heavy atom. The molecule has 0 saturated carbocycles. The molecule has 4 heteroatoms. The van der Waals surface area contributed by atoms with Crippen LogP contribution in [0.3, 0.4) is 0 Å². The highest BCUT2D eigenvalue weighted by molar-refractivity contribution is 5.55. The van der Waals surface area contributed by atoms with Gasteiger partial charge in [-0.05, 0) is 36.2 Å². The number of nitrogen functional groups attached to an aromatic ring is 1. The number of nitrogens with zero attached hydrogens (tertiary/aromatic N) is 1. The maximum Gasteiger partial charge on any atom is 0.129 e. The van der Waals surface area contributed by atoms with Crippen molar-refractivity contribution in [3.05, 3.63) is 59.7 Å². The van der Waals surface area contributed by atoms with Crippen LogP contribution in [0.25, 0.3) is 0 Å². The summed E-state index contributed by atoms with van der Waals surface area (Å²) in [4.78, 5) is 1.99. The first-order chi connectivity index (χ1) is 9.06. The second kappa shape index (κ2) is 5.69. The summed E-state index contributed by atoms with van der Waals surface area (Å²) in [6.45, 7) is 0.631. The molecule has 0 radical (unpaired) electrons. The average Bonchev–Trinajstić information content (AvgIpc) is 2.37. The van der Waals surface area contributed by atoms with Gasteiger partial charge in [-0.15, -0.1) is 0 Å². The molecule has 0 bridgehead atoms. The first-order valence-corrected chi connectivity index (χ1v) is 6.07. The van der Waals surface area contributed by atoms with Crippen LogP contribution in [0.1, 0.15) is 5.56 Å². The van der Waals surface area contributed by atoms with Gasteiger partial charge in [0.25, 0.3) is 0 Å².